The monoisotopic (exact) mass is 195 g/mol. The molecule has 0 aliphatic heterocycles. The highest BCUT2D eigenvalue weighted by atomic mass is 16.5. The van der Waals surface area contributed by atoms with E-state index in [0.29, 0.717) is 11.3 Å². The molecule has 1 heterocycles. The molecule has 0 spiro atoms. The van der Waals surface area contributed by atoms with Crippen LogP contribution in [0.15, 0.2) is 11.3 Å². The maximum absolute atomic E-state index is 11.2. The number of azide groups is 1. The molecular weight excluding hydrogens is 186 g/mol. The van der Waals surface area contributed by atoms with Gasteiger partial charge in [-0.25, -0.2) is 4.79 Å². The highest BCUT2D eigenvalue weighted by molar-refractivity contribution is 5.90. The predicted molar refractivity (Wildman–Crippen MR) is 47.4 cm³/mol. The Morgan fingerprint density at radius 1 is 1.86 bits per heavy atom. The van der Waals surface area contributed by atoms with Crippen molar-refractivity contribution >= 4 is 5.97 Å². The normalized spacial score (nSPS) is 9.29. The minimum Gasteiger partial charge on any atom is -0.465 e. The first-order valence-electron chi connectivity index (χ1n) is 3.80. The Hall–Kier alpha value is -2.01. The number of aryl methyl sites for hydroxylation is 1. The number of carbonyl (C=O) groups is 1. The molecule has 1 aromatic rings. The fourth-order valence-corrected chi connectivity index (χ4v) is 1.03. The van der Waals surface area contributed by atoms with E-state index in [9.17, 15) is 4.79 Å². The van der Waals surface area contributed by atoms with E-state index in [-0.39, 0.29) is 6.54 Å². The van der Waals surface area contributed by atoms with Gasteiger partial charge < -0.3 is 4.74 Å². The first kappa shape index (κ1) is 10.1. The molecule has 0 aromatic carbocycles. The molecule has 0 aliphatic rings. The van der Waals surface area contributed by atoms with Gasteiger partial charge in [0, 0.05) is 12.0 Å². The second-order valence-electron chi connectivity index (χ2n) is 2.51. The Balaban J connectivity index is 3.05. The molecule has 0 aliphatic carbocycles. The Morgan fingerprint density at radius 2 is 2.57 bits per heavy atom. The molecule has 14 heavy (non-hydrogen) atoms. The van der Waals surface area contributed by atoms with Crippen molar-refractivity contribution in [1.29, 1.82) is 0 Å². The summed E-state index contributed by atoms with van der Waals surface area (Å²) in [6.07, 6.45) is 1.38. The van der Waals surface area contributed by atoms with Gasteiger partial charge in [-0.15, -0.1) is 0 Å². The molecule has 7 heteroatoms. The van der Waals surface area contributed by atoms with Crippen LogP contribution in [0.25, 0.3) is 10.4 Å². The van der Waals surface area contributed by atoms with Crippen LogP contribution in [0.5, 0.6) is 0 Å². The number of esters is 1. The molecule has 1 aromatic heterocycles. The summed E-state index contributed by atoms with van der Waals surface area (Å²) in [6.45, 7) is 0.0808. The Bertz CT molecular complexity index is 391. The van der Waals surface area contributed by atoms with E-state index in [4.69, 9.17) is 5.53 Å². The van der Waals surface area contributed by atoms with Gasteiger partial charge in [0.1, 0.15) is 5.56 Å². The maximum Gasteiger partial charge on any atom is 0.341 e. The lowest BCUT2D eigenvalue weighted by Crippen LogP contribution is -2.06. The van der Waals surface area contributed by atoms with E-state index in [1.165, 1.54) is 18.0 Å². The predicted octanol–water partition coefficient (Wildman–Crippen LogP) is 1.02. The second kappa shape index (κ2) is 4.29. The van der Waals surface area contributed by atoms with Crippen molar-refractivity contribution < 1.29 is 9.53 Å². The number of ether oxygens (including phenoxy) is 1. The molecule has 0 saturated heterocycles. The van der Waals surface area contributed by atoms with Gasteiger partial charge in [-0.1, -0.05) is 5.11 Å². The summed E-state index contributed by atoms with van der Waals surface area (Å²) in [6, 6.07) is 0. The molecule has 7 nitrogen and oxygen atoms in total. The first-order chi connectivity index (χ1) is 6.70. The average Bonchev–Trinajstić information content (AvgIpc) is 2.56. The minimum atomic E-state index is -0.485. The molecule has 1 rings (SSSR count). The number of hydrogen-bond donors (Lipinski definition) is 0. The van der Waals surface area contributed by atoms with Crippen LogP contribution in [0.2, 0.25) is 0 Å². The van der Waals surface area contributed by atoms with Crippen molar-refractivity contribution in [3.8, 4) is 0 Å². The third-order valence-electron chi connectivity index (χ3n) is 1.75. The second-order valence-corrected chi connectivity index (χ2v) is 2.51. The SMILES string of the molecule is COC(=O)c1cnn(C)c1CN=[N+]=[N-]. The van der Waals surface area contributed by atoms with E-state index in [0.717, 1.165) is 0 Å². The van der Waals surface area contributed by atoms with Crippen LogP contribution in [-0.2, 0) is 18.3 Å². The van der Waals surface area contributed by atoms with Gasteiger partial charge >= 0.3 is 5.97 Å². The number of carbonyl (C=O) groups excluding carboxylic acids is 1. The van der Waals surface area contributed by atoms with Crippen LogP contribution in [0.1, 0.15) is 16.1 Å². The zero-order valence-corrected chi connectivity index (χ0v) is 7.84. The van der Waals surface area contributed by atoms with Crippen molar-refractivity contribution in [2.75, 3.05) is 7.11 Å². The zero-order valence-electron chi connectivity index (χ0n) is 7.84. The van der Waals surface area contributed by atoms with Crippen molar-refractivity contribution in [2.24, 2.45) is 12.2 Å². The maximum atomic E-state index is 11.2. The van der Waals surface area contributed by atoms with Crippen molar-refractivity contribution in [2.45, 2.75) is 6.54 Å². The summed E-state index contributed by atoms with van der Waals surface area (Å²) in [5.41, 5.74) is 9.01. The highest BCUT2D eigenvalue weighted by Crippen LogP contribution is 2.10. The van der Waals surface area contributed by atoms with Crippen molar-refractivity contribution in [1.82, 2.24) is 9.78 Å². The number of nitrogens with zero attached hydrogens (tertiary/aromatic N) is 5. The lowest BCUT2D eigenvalue weighted by Gasteiger charge is -2.00. The summed E-state index contributed by atoms with van der Waals surface area (Å²) in [5.74, 6) is -0.485. The number of aromatic nitrogens is 2. The van der Waals surface area contributed by atoms with Gasteiger partial charge in [0.25, 0.3) is 0 Å². The smallest absolute Gasteiger partial charge is 0.341 e. The van der Waals surface area contributed by atoms with E-state index < -0.39 is 5.97 Å². The van der Waals surface area contributed by atoms with Gasteiger partial charge in [-0.05, 0) is 5.53 Å². The van der Waals surface area contributed by atoms with Crippen LogP contribution in [0.3, 0.4) is 0 Å². The van der Waals surface area contributed by atoms with E-state index >= 15 is 0 Å². The average molecular weight is 195 g/mol. The van der Waals surface area contributed by atoms with Crippen LogP contribution in [-0.4, -0.2) is 22.9 Å². The van der Waals surface area contributed by atoms with Gasteiger partial charge in [-0.3, -0.25) is 4.68 Å². The summed E-state index contributed by atoms with van der Waals surface area (Å²) < 4.78 is 6.02. The number of hydrogen-bond acceptors (Lipinski definition) is 4. The van der Waals surface area contributed by atoms with Crippen LogP contribution < -0.4 is 0 Å². The molecule has 0 amide bonds. The third kappa shape index (κ3) is 1.83. The standard InChI is InChI=1S/C7H9N5O2/c1-12-6(4-9-11-8)5(3-10-12)7(13)14-2/h3H,4H2,1-2H3. The first-order valence-corrected chi connectivity index (χ1v) is 3.80. The number of rotatable bonds is 3. The van der Waals surface area contributed by atoms with Crippen molar-refractivity contribution in [3.05, 3.63) is 27.9 Å². The highest BCUT2D eigenvalue weighted by Gasteiger charge is 2.15. The van der Waals surface area contributed by atoms with E-state index in [1.54, 1.807) is 7.05 Å². The summed E-state index contributed by atoms with van der Waals surface area (Å²) in [5, 5.41) is 7.24. The number of methoxy groups -OCH3 is 1. The topological polar surface area (TPSA) is 92.9 Å². The summed E-state index contributed by atoms with van der Waals surface area (Å²) in [4.78, 5) is 13.8. The molecule has 74 valence electrons. The molecule has 0 saturated carbocycles. The van der Waals surface area contributed by atoms with Gasteiger partial charge in [0.05, 0.1) is 25.5 Å². The third-order valence-corrected chi connectivity index (χ3v) is 1.75. The Labute approximate surface area is 79.9 Å². The summed E-state index contributed by atoms with van der Waals surface area (Å²) >= 11 is 0. The fraction of sp³-hybridized carbons (Fsp3) is 0.429. The van der Waals surface area contributed by atoms with Gasteiger partial charge in [0.15, 0.2) is 0 Å². The van der Waals surface area contributed by atoms with E-state index in [1.807, 2.05) is 0 Å². The van der Waals surface area contributed by atoms with E-state index in [2.05, 4.69) is 19.9 Å². The molecular formula is C7H9N5O2. The lowest BCUT2D eigenvalue weighted by atomic mass is 10.2. The summed E-state index contributed by atoms with van der Waals surface area (Å²) in [7, 11) is 2.95. The van der Waals surface area contributed by atoms with Crippen molar-refractivity contribution in [3.63, 3.8) is 0 Å². The molecule has 0 radical (unpaired) electrons. The molecule has 0 N–H and O–H groups in total. The Morgan fingerprint density at radius 3 is 3.14 bits per heavy atom. The largest absolute Gasteiger partial charge is 0.465 e. The lowest BCUT2D eigenvalue weighted by molar-refractivity contribution is 0.0599. The Kier molecular flexibility index (Phi) is 3.09. The molecule has 0 unspecified atom stereocenters. The van der Waals surface area contributed by atoms with Crippen LogP contribution in [0.4, 0.5) is 0 Å². The molecule has 0 bridgehead atoms. The van der Waals surface area contributed by atoms with Gasteiger partial charge in [-0.2, -0.15) is 5.10 Å². The van der Waals surface area contributed by atoms with Crippen LogP contribution >= 0.6 is 0 Å². The molecule has 0 fully saturated rings. The fourth-order valence-electron chi connectivity index (χ4n) is 1.03. The van der Waals surface area contributed by atoms with Crippen LogP contribution in [0, 0.1) is 0 Å². The minimum absolute atomic E-state index is 0.0808. The quantitative estimate of drug-likeness (QED) is 0.312. The molecule has 0 atom stereocenters. The zero-order chi connectivity index (χ0) is 10.6. The van der Waals surface area contributed by atoms with Gasteiger partial charge in [0.2, 0.25) is 0 Å².